The zero-order valence-corrected chi connectivity index (χ0v) is 10.6. The molecular formula is C11H15N3O2S. The molecule has 0 unspecified atom stereocenters. The Hall–Kier alpha value is -1.40. The van der Waals surface area contributed by atoms with Gasteiger partial charge in [-0.1, -0.05) is 12.1 Å². The fourth-order valence-corrected chi connectivity index (χ4v) is 2.80. The van der Waals surface area contributed by atoms with E-state index >= 15 is 0 Å². The highest BCUT2D eigenvalue weighted by Gasteiger charge is 2.31. The van der Waals surface area contributed by atoms with E-state index in [0.717, 1.165) is 0 Å². The van der Waals surface area contributed by atoms with Crippen molar-refractivity contribution < 1.29 is 8.42 Å². The summed E-state index contributed by atoms with van der Waals surface area (Å²) in [6.07, 6.45) is 0. The fraction of sp³-hybridized carbons (Fsp3) is 0.364. The second-order valence-corrected chi connectivity index (χ2v) is 6.23. The van der Waals surface area contributed by atoms with Gasteiger partial charge < -0.3 is 5.73 Å². The van der Waals surface area contributed by atoms with Crippen molar-refractivity contribution in [2.45, 2.75) is 24.3 Å². The van der Waals surface area contributed by atoms with Gasteiger partial charge in [0.1, 0.15) is 5.84 Å². The van der Waals surface area contributed by atoms with Crippen molar-refractivity contribution in [2.75, 3.05) is 6.54 Å². The predicted octanol–water partition coefficient (Wildman–Crippen LogP) is 0.462. The Morgan fingerprint density at radius 1 is 1.35 bits per heavy atom. The lowest BCUT2D eigenvalue weighted by Crippen LogP contribution is -2.33. The highest BCUT2D eigenvalue weighted by molar-refractivity contribution is 7.90. The Kier molecular flexibility index (Phi) is 2.71. The van der Waals surface area contributed by atoms with Crippen molar-refractivity contribution in [3.8, 4) is 0 Å². The molecule has 5 nitrogen and oxygen atoms in total. The molecule has 0 amide bonds. The number of benzene rings is 1. The number of nitrogens with two attached hydrogens (primary N) is 1. The van der Waals surface area contributed by atoms with Crippen LogP contribution in [0.15, 0.2) is 34.2 Å². The van der Waals surface area contributed by atoms with E-state index in [1.165, 1.54) is 0 Å². The molecule has 0 bridgehead atoms. The number of nitrogens with one attached hydrogen (secondary N) is 1. The van der Waals surface area contributed by atoms with Crippen LogP contribution in [0.25, 0.3) is 0 Å². The third-order valence-corrected chi connectivity index (χ3v) is 3.97. The zero-order chi connectivity index (χ0) is 12.7. The summed E-state index contributed by atoms with van der Waals surface area (Å²) < 4.78 is 26.1. The van der Waals surface area contributed by atoms with E-state index in [2.05, 4.69) is 9.71 Å². The second-order valence-electron chi connectivity index (χ2n) is 4.58. The number of sulfonamides is 1. The van der Waals surface area contributed by atoms with Gasteiger partial charge in [-0.3, -0.25) is 9.71 Å². The summed E-state index contributed by atoms with van der Waals surface area (Å²) >= 11 is 0. The third kappa shape index (κ3) is 2.18. The maximum atomic E-state index is 11.8. The van der Waals surface area contributed by atoms with Gasteiger partial charge >= 0.3 is 0 Å². The molecule has 6 heteroatoms. The van der Waals surface area contributed by atoms with Gasteiger partial charge in [-0.15, -0.1) is 0 Å². The minimum atomic E-state index is -3.46. The number of nitrogens with zero attached hydrogens (tertiary/aromatic N) is 1. The number of rotatable bonds is 2. The van der Waals surface area contributed by atoms with Crippen LogP contribution >= 0.6 is 0 Å². The van der Waals surface area contributed by atoms with Gasteiger partial charge in [-0.25, -0.2) is 8.42 Å². The SMILES string of the molecule is CC(C)(CN)N=C1NS(=O)(=O)c2ccccc21. The van der Waals surface area contributed by atoms with Gasteiger partial charge in [0.15, 0.2) is 0 Å². The summed E-state index contributed by atoms with van der Waals surface area (Å²) in [5.74, 6) is 0.371. The molecule has 1 aromatic carbocycles. The topological polar surface area (TPSA) is 84.5 Å². The molecule has 92 valence electrons. The summed E-state index contributed by atoms with van der Waals surface area (Å²) in [5, 5.41) is 0. The van der Waals surface area contributed by atoms with Crippen molar-refractivity contribution in [3.05, 3.63) is 29.8 Å². The average Bonchev–Trinajstić information content (AvgIpc) is 2.51. The molecule has 0 saturated carbocycles. The van der Waals surface area contributed by atoms with Gasteiger partial charge in [0.25, 0.3) is 10.0 Å². The van der Waals surface area contributed by atoms with Crippen LogP contribution < -0.4 is 10.5 Å². The highest BCUT2D eigenvalue weighted by atomic mass is 32.2. The molecule has 2 rings (SSSR count). The standard InChI is InChI=1S/C11H15N3O2S/c1-11(2,7-12)13-10-8-5-3-4-6-9(8)17(15,16)14-10/h3-6H,7,12H2,1-2H3,(H,13,14). The first-order valence-electron chi connectivity index (χ1n) is 5.28. The molecule has 1 aromatic rings. The summed E-state index contributed by atoms with van der Waals surface area (Å²) in [5.41, 5.74) is 5.70. The van der Waals surface area contributed by atoms with Crippen LogP contribution in [-0.4, -0.2) is 26.3 Å². The van der Waals surface area contributed by atoms with E-state index in [9.17, 15) is 8.42 Å². The minimum absolute atomic E-state index is 0.270. The lowest BCUT2D eigenvalue weighted by Gasteiger charge is -2.17. The van der Waals surface area contributed by atoms with E-state index in [1.807, 2.05) is 13.8 Å². The van der Waals surface area contributed by atoms with Gasteiger partial charge in [-0.2, -0.15) is 0 Å². The van der Waals surface area contributed by atoms with Crippen LogP contribution in [0.5, 0.6) is 0 Å². The number of hydrogen-bond acceptors (Lipinski definition) is 4. The highest BCUT2D eigenvalue weighted by Crippen LogP contribution is 2.23. The summed E-state index contributed by atoms with van der Waals surface area (Å²) in [4.78, 5) is 4.63. The molecule has 17 heavy (non-hydrogen) atoms. The molecule has 0 atom stereocenters. The first-order chi connectivity index (χ1) is 7.86. The van der Waals surface area contributed by atoms with Crippen molar-refractivity contribution in [3.63, 3.8) is 0 Å². The predicted molar refractivity (Wildman–Crippen MR) is 66.4 cm³/mol. The first kappa shape index (κ1) is 12.1. The number of hydrogen-bond donors (Lipinski definition) is 2. The van der Waals surface area contributed by atoms with Crippen LogP contribution in [0.4, 0.5) is 0 Å². The van der Waals surface area contributed by atoms with E-state index in [4.69, 9.17) is 5.73 Å². The van der Waals surface area contributed by atoms with Gasteiger partial charge in [0, 0.05) is 12.1 Å². The second kappa shape index (κ2) is 3.82. The first-order valence-corrected chi connectivity index (χ1v) is 6.76. The molecule has 0 fully saturated rings. The maximum Gasteiger partial charge on any atom is 0.263 e. The molecular weight excluding hydrogens is 238 g/mol. The number of fused-ring (bicyclic) bond motifs is 1. The molecule has 0 saturated heterocycles. The smallest absolute Gasteiger partial charge is 0.263 e. The van der Waals surface area contributed by atoms with E-state index < -0.39 is 15.6 Å². The van der Waals surface area contributed by atoms with Gasteiger partial charge in [0.05, 0.1) is 10.4 Å². The quantitative estimate of drug-likeness (QED) is 0.803. The van der Waals surface area contributed by atoms with Crippen LogP contribution in [0, 0.1) is 0 Å². The van der Waals surface area contributed by atoms with Crippen LogP contribution in [0.1, 0.15) is 19.4 Å². The maximum absolute atomic E-state index is 11.8. The molecule has 0 aliphatic carbocycles. The average molecular weight is 253 g/mol. The van der Waals surface area contributed by atoms with Gasteiger partial charge in [-0.05, 0) is 26.0 Å². The largest absolute Gasteiger partial charge is 0.328 e. The lowest BCUT2D eigenvalue weighted by atomic mass is 10.1. The molecule has 0 spiro atoms. The minimum Gasteiger partial charge on any atom is -0.328 e. The summed E-state index contributed by atoms with van der Waals surface area (Å²) in [6.45, 7) is 4.06. The number of amidine groups is 1. The molecule has 3 N–H and O–H groups in total. The summed E-state index contributed by atoms with van der Waals surface area (Å²) in [7, 11) is -3.46. The third-order valence-electron chi connectivity index (χ3n) is 2.58. The molecule has 0 radical (unpaired) electrons. The Bertz CT molecular complexity index is 576. The Morgan fingerprint density at radius 3 is 2.65 bits per heavy atom. The van der Waals surface area contributed by atoms with E-state index in [-0.39, 0.29) is 4.90 Å². The van der Waals surface area contributed by atoms with E-state index in [0.29, 0.717) is 17.9 Å². The molecule has 1 aliphatic heterocycles. The van der Waals surface area contributed by atoms with Crippen molar-refractivity contribution in [1.29, 1.82) is 0 Å². The molecule has 0 aromatic heterocycles. The van der Waals surface area contributed by atoms with Crippen molar-refractivity contribution >= 4 is 15.9 Å². The van der Waals surface area contributed by atoms with Gasteiger partial charge in [0.2, 0.25) is 0 Å². The number of aliphatic imine (C=N–C) groups is 1. The Balaban J connectivity index is 2.57. The lowest BCUT2D eigenvalue weighted by molar-refractivity contribution is 0.535. The Labute approximate surface area is 101 Å². The molecule has 1 heterocycles. The normalized spacial score (nSPS) is 20.1. The fourth-order valence-electron chi connectivity index (χ4n) is 1.57. The van der Waals surface area contributed by atoms with Crippen molar-refractivity contribution in [2.24, 2.45) is 10.7 Å². The van der Waals surface area contributed by atoms with Crippen LogP contribution in [0.3, 0.4) is 0 Å². The van der Waals surface area contributed by atoms with Crippen molar-refractivity contribution in [1.82, 2.24) is 4.72 Å². The molecule has 1 aliphatic rings. The monoisotopic (exact) mass is 253 g/mol. The van der Waals surface area contributed by atoms with Crippen LogP contribution in [0.2, 0.25) is 0 Å². The Morgan fingerprint density at radius 2 is 2.00 bits per heavy atom. The zero-order valence-electron chi connectivity index (χ0n) is 9.77. The van der Waals surface area contributed by atoms with Crippen LogP contribution in [-0.2, 0) is 10.0 Å². The van der Waals surface area contributed by atoms with E-state index in [1.54, 1.807) is 24.3 Å². The summed E-state index contributed by atoms with van der Waals surface area (Å²) in [6, 6.07) is 6.77.